The molecular weight excluding hydrogens is 464 g/mol. The maximum Gasteiger partial charge on any atom is 0.335 e. The van der Waals surface area contributed by atoms with Gasteiger partial charge in [0.1, 0.15) is 18.1 Å². The average molecular weight is 491 g/mol. The Labute approximate surface area is 214 Å². The van der Waals surface area contributed by atoms with Crippen LogP contribution in [0.3, 0.4) is 0 Å². The van der Waals surface area contributed by atoms with Gasteiger partial charge in [-0.25, -0.2) is 4.79 Å². The van der Waals surface area contributed by atoms with Crippen LogP contribution < -0.4 is 14.8 Å². The first-order chi connectivity index (χ1) is 18.1. The van der Waals surface area contributed by atoms with Crippen LogP contribution in [0.4, 0.5) is 5.69 Å². The van der Waals surface area contributed by atoms with E-state index in [1.807, 2.05) is 60.7 Å². The molecule has 6 nitrogen and oxygen atoms in total. The molecule has 6 heteroatoms. The summed E-state index contributed by atoms with van der Waals surface area (Å²) in [6.07, 6.45) is 3.82. The second kappa shape index (κ2) is 10.8. The summed E-state index contributed by atoms with van der Waals surface area (Å²) in [5, 5.41) is 15.8. The van der Waals surface area contributed by atoms with Crippen molar-refractivity contribution in [3.63, 3.8) is 0 Å². The molecule has 1 aromatic heterocycles. The van der Waals surface area contributed by atoms with Gasteiger partial charge >= 0.3 is 5.97 Å². The van der Waals surface area contributed by atoms with Gasteiger partial charge in [0, 0.05) is 17.3 Å². The quantitative estimate of drug-likeness (QED) is 0.240. The van der Waals surface area contributed by atoms with Crippen LogP contribution in [0, 0.1) is 0 Å². The molecular formula is C31H26N2O4. The summed E-state index contributed by atoms with van der Waals surface area (Å²) < 4.78 is 11.6. The van der Waals surface area contributed by atoms with Crippen molar-refractivity contribution < 1.29 is 19.4 Å². The molecule has 4 aromatic carbocycles. The highest BCUT2D eigenvalue weighted by Crippen LogP contribution is 2.26. The molecule has 0 aliphatic heterocycles. The maximum absolute atomic E-state index is 11.2. The lowest BCUT2D eigenvalue weighted by molar-refractivity contribution is 0.0697. The van der Waals surface area contributed by atoms with Crippen LogP contribution in [-0.4, -0.2) is 36.3 Å². The summed E-state index contributed by atoms with van der Waals surface area (Å²) in [5.41, 5.74) is 3.89. The molecule has 0 saturated heterocycles. The number of aromatic nitrogens is 1. The molecule has 2 N–H and O–H groups in total. The van der Waals surface area contributed by atoms with E-state index in [0.29, 0.717) is 13.2 Å². The minimum absolute atomic E-state index is 0.251. The molecule has 37 heavy (non-hydrogen) atoms. The third kappa shape index (κ3) is 5.70. The number of carbonyl (C=O) groups is 1. The Bertz CT molecular complexity index is 1590. The molecule has 0 radical (unpaired) electrons. The second-order valence-electron chi connectivity index (χ2n) is 8.63. The molecule has 5 rings (SSSR count). The zero-order valence-corrected chi connectivity index (χ0v) is 20.3. The van der Waals surface area contributed by atoms with Crippen molar-refractivity contribution in [1.82, 2.24) is 4.98 Å². The number of nitrogens with zero attached hydrogens (tertiary/aromatic N) is 1. The number of rotatable bonds is 9. The molecule has 0 saturated carbocycles. The standard InChI is InChI=1S/C31H26N2O4/c1-36-27-13-14-29-25(17-27)16-26(19-33-29)32-18-22(15-21-9-11-24(12-10-21)31(34)35)20-37-30-8-4-6-23-5-2-3-7-28(23)30/h2-17,19,32H,18,20H2,1H3,(H,34,35). The Morgan fingerprint density at radius 1 is 0.946 bits per heavy atom. The highest BCUT2D eigenvalue weighted by atomic mass is 16.5. The lowest BCUT2D eigenvalue weighted by Crippen LogP contribution is -2.12. The van der Waals surface area contributed by atoms with E-state index >= 15 is 0 Å². The van der Waals surface area contributed by atoms with Gasteiger partial charge in [-0.15, -0.1) is 0 Å². The second-order valence-corrected chi connectivity index (χ2v) is 8.63. The number of carboxylic acids is 1. The van der Waals surface area contributed by atoms with Crippen molar-refractivity contribution in [3.05, 3.63) is 114 Å². The number of hydrogen-bond donors (Lipinski definition) is 2. The largest absolute Gasteiger partial charge is 0.497 e. The fraction of sp³-hybridized carbons (Fsp3) is 0.0968. The van der Waals surface area contributed by atoms with Gasteiger partial charge in [0.05, 0.1) is 30.1 Å². The van der Waals surface area contributed by atoms with Crippen LogP contribution in [0.15, 0.2) is 103 Å². The van der Waals surface area contributed by atoms with Gasteiger partial charge in [0.2, 0.25) is 0 Å². The lowest BCUT2D eigenvalue weighted by atomic mass is 10.1. The maximum atomic E-state index is 11.2. The van der Waals surface area contributed by atoms with E-state index in [4.69, 9.17) is 9.47 Å². The van der Waals surface area contributed by atoms with E-state index in [-0.39, 0.29) is 5.56 Å². The highest BCUT2D eigenvalue weighted by molar-refractivity contribution is 5.89. The molecule has 1 heterocycles. The van der Waals surface area contributed by atoms with E-state index < -0.39 is 5.97 Å². The minimum atomic E-state index is -0.947. The summed E-state index contributed by atoms with van der Waals surface area (Å²) in [6.45, 7) is 0.874. The van der Waals surface area contributed by atoms with Gasteiger partial charge in [-0.05, 0) is 59.0 Å². The van der Waals surface area contributed by atoms with Gasteiger partial charge in [-0.1, -0.05) is 54.6 Å². The molecule has 0 amide bonds. The van der Waals surface area contributed by atoms with E-state index in [1.54, 1.807) is 37.6 Å². The van der Waals surface area contributed by atoms with Gasteiger partial charge < -0.3 is 19.9 Å². The van der Waals surface area contributed by atoms with Crippen molar-refractivity contribution >= 4 is 39.4 Å². The van der Waals surface area contributed by atoms with Crippen LogP contribution in [0.2, 0.25) is 0 Å². The van der Waals surface area contributed by atoms with E-state index in [1.165, 1.54) is 0 Å². The fourth-order valence-corrected chi connectivity index (χ4v) is 4.14. The first-order valence-corrected chi connectivity index (χ1v) is 11.9. The van der Waals surface area contributed by atoms with E-state index in [2.05, 4.69) is 22.4 Å². The predicted molar refractivity (Wildman–Crippen MR) is 148 cm³/mol. The van der Waals surface area contributed by atoms with Crippen molar-refractivity contribution in [2.24, 2.45) is 0 Å². The number of methoxy groups -OCH3 is 1. The van der Waals surface area contributed by atoms with Crippen LogP contribution in [0.5, 0.6) is 11.5 Å². The van der Waals surface area contributed by atoms with E-state index in [9.17, 15) is 9.90 Å². The Kier molecular flexibility index (Phi) is 6.99. The summed E-state index contributed by atoms with van der Waals surface area (Å²) in [7, 11) is 1.65. The molecule has 5 aromatic rings. The number of benzene rings is 4. The summed E-state index contributed by atoms with van der Waals surface area (Å²) in [5.74, 6) is 0.641. The molecule has 184 valence electrons. The van der Waals surface area contributed by atoms with Crippen LogP contribution >= 0.6 is 0 Å². The zero-order chi connectivity index (χ0) is 25.6. The summed E-state index contributed by atoms with van der Waals surface area (Å²) in [6, 6.07) is 28.8. The number of hydrogen-bond acceptors (Lipinski definition) is 5. The van der Waals surface area contributed by atoms with Gasteiger partial charge in [-0.3, -0.25) is 4.98 Å². The van der Waals surface area contributed by atoms with Gasteiger partial charge in [0.25, 0.3) is 0 Å². The normalized spacial score (nSPS) is 11.4. The van der Waals surface area contributed by atoms with Gasteiger partial charge in [-0.2, -0.15) is 0 Å². The Balaban J connectivity index is 1.39. The Morgan fingerprint density at radius 3 is 2.57 bits per heavy atom. The SMILES string of the molecule is COc1ccc2ncc(NCC(=Cc3ccc(C(=O)O)cc3)COc3cccc4ccccc34)cc2c1. The van der Waals surface area contributed by atoms with Crippen molar-refractivity contribution in [2.75, 3.05) is 25.6 Å². The summed E-state index contributed by atoms with van der Waals surface area (Å²) >= 11 is 0. The van der Waals surface area contributed by atoms with Gasteiger partial charge in [0.15, 0.2) is 0 Å². The fourth-order valence-electron chi connectivity index (χ4n) is 4.14. The summed E-state index contributed by atoms with van der Waals surface area (Å²) in [4.78, 5) is 15.8. The first kappa shape index (κ1) is 23.9. The molecule has 0 fully saturated rings. The van der Waals surface area contributed by atoms with Crippen molar-refractivity contribution in [3.8, 4) is 11.5 Å². The van der Waals surface area contributed by atoms with Crippen molar-refractivity contribution in [1.29, 1.82) is 0 Å². The predicted octanol–water partition coefficient (Wildman–Crippen LogP) is 6.67. The number of ether oxygens (including phenoxy) is 2. The molecule has 0 spiro atoms. The topological polar surface area (TPSA) is 80.7 Å². The molecule has 0 aliphatic rings. The minimum Gasteiger partial charge on any atom is -0.497 e. The third-order valence-corrected chi connectivity index (χ3v) is 6.10. The van der Waals surface area contributed by atoms with Crippen LogP contribution in [-0.2, 0) is 0 Å². The van der Waals surface area contributed by atoms with Crippen LogP contribution in [0.1, 0.15) is 15.9 Å². The number of anilines is 1. The average Bonchev–Trinajstić information content (AvgIpc) is 2.94. The molecule has 0 atom stereocenters. The molecule has 0 bridgehead atoms. The smallest absolute Gasteiger partial charge is 0.335 e. The number of carboxylic acid groups (broad SMARTS) is 1. The Hall–Kier alpha value is -4.84. The van der Waals surface area contributed by atoms with E-state index in [0.717, 1.165) is 50.0 Å². The Morgan fingerprint density at radius 2 is 1.76 bits per heavy atom. The third-order valence-electron chi connectivity index (χ3n) is 6.10. The monoisotopic (exact) mass is 490 g/mol. The van der Waals surface area contributed by atoms with Crippen LogP contribution in [0.25, 0.3) is 27.8 Å². The number of fused-ring (bicyclic) bond motifs is 2. The molecule has 0 unspecified atom stereocenters. The first-order valence-electron chi connectivity index (χ1n) is 11.9. The zero-order valence-electron chi connectivity index (χ0n) is 20.3. The van der Waals surface area contributed by atoms with Crippen molar-refractivity contribution in [2.45, 2.75) is 0 Å². The molecule has 0 aliphatic carbocycles. The number of pyridine rings is 1. The lowest BCUT2D eigenvalue weighted by Gasteiger charge is -2.14. The number of aromatic carboxylic acids is 1. The highest BCUT2D eigenvalue weighted by Gasteiger charge is 2.07. The number of nitrogens with one attached hydrogen (secondary N) is 1.